The first-order valence-corrected chi connectivity index (χ1v) is 4.83. The van der Waals surface area contributed by atoms with Gasteiger partial charge in [0.05, 0.1) is 23.4 Å². The predicted molar refractivity (Wildman–Crippen MR) is 59.1 cm³/mol. The molecule has 5 heteroatoms. The Kier molecular flexibility index (Phi) is 2.44. The molecule has 0 saturated carbocycles. The summed E-state index contributed by atoms with van der Waals surface area (Å²) in [4.78, 5) is 24.9. The van der Waals surface area contributed by atoms with Crippen molar-refractivity contribution in [3.8, 4) is 0 Å². The Morgan fingerprint density at radius 2 is 1.75 bits per heavy atom. The van der Waals surface area contributed by atoms with E-state index < -0.39 is 0 Å². The van der Waals surface area contributed by atoms with Crippen LogP contribution >= 0.6 is 0 Å². The quantitative estimate of drug-likeness (QED) is 0.341. The summed E-state index contributed by atoms with van der Waals surface area (Å²) in [6.07, 6.45) is 0. The van der Waals surface area contributed by atoms with Crippen LogP contribution in [0.5, 0.6) is 0 Å². The molecule has 0 spiro atoms. The normalized spacial score (nSPS) is 15.6. The van der Waals surface area contributed by atoms with Crippen molar-refractivity contribution in [3.05, 3.63) is 35.4 Å². The summed E-state index contributed by atoms with van der Waals surface area (Å²) in [6, 6.07) is 6.75. The number of hydrogen-bond acceptors (Lipinski definition) is 4. The van der Waals surface area contributed by atoms with Crippen LogP contribution in [0, 0.1) is 0 Å². The molecule has 0 saturated heterocycles. The minimum absolute atomic E-state index is 0.142. The molecule has 0 atom stereocenters. The molecule has 1 aromatic rings. The number of nitrogens with two attached hydrogens (primary N) is 1. The van der Waals surface area contributed by atoms with E-state index in [1.165, 1.54) is 0 Å². The van der Waals surface area contributed by atoms with Crippen LogP contribution in [-0.4, -0.2) is 29.0 Å². The van der Waals surface area contributed by atoms with E-state index in [-0.39, 0.29) is 18.4 Å². The molecule has 2 rings (SSSR count). The third-order valence-corrected chi connectivity index (χ3v) is 2.49. The highest BCUT2D eigenvalue weighted by Gasteiger charge is 2.35. The molecule has 1 aromatic carbocycles. The monoisotopic (exact) mass is 217 g/mol. The fourth-order valence-corrected chi connectivity index (χ4v) is 1.65. The van der Waals surface area contributed by atoms with Crippen molar-refractivity contribution in [2.75, 3.05) is 6.54 Å². The topological polar surface area (TPSA) is 75.8 Å². The van der Waals surface area contributed by atoms with Crippen LogP contribution in [0.4, 0.5) is 0 Å². The smallest absolute Gasteiger partial charge is 0.261 e. The highest BCUT2D eigenvalue weighted by molar-refractivity contribution is 6.22. The van der Waals surface area contributed by atoms with Gasteiger partial charge in [0.25, 0.3) is 11.8 Å². The van der Waals surface area contributed by atoms with Crippen molar-refractivity contribution < 1.29 is 9.59 Å². The molecule has 0 fully saturated rings. The van der Waals surface area contributed by atoms with Crippen LogP contribution in [-0.2, 0) is 0 Å². The summed E-state index contributed by atoms with van der Waals surface area (Å²) in [7, 11) is 0. The maximum atomic E-state index is 11.9. The van der Waals surface area contributed by atoms with Gasteiger partial charge >= 0.3 is 0 Å². The number of carbonyl (C=O) groups excluding carboxylic acids is 2. The molecule has 16 heavy (non-hydrogen) atoms. The maximum absolute atomic E-state index is 11.9. The SMILES string of the molecule is C/C(CN1C(=O)c2ccccc2C1=O)=N\N. The number of nitrogens with zero attached hydrogens (tertiary/aromatic N) is 2. The number of carbonyl (C=O) groups is 2. The van der Waals surface area contributed by atoms with Crippen LogP contribution in [0.15, 0.2) is 29.4 Å². The van der Waals surface area contributed by atoms with Crippen LogP contribution in [0.1, 0.15) is 27.6 Å². The maximum Gasteiger partial charge on any atom is 0.261 e. The van der Waals surface area contributed by atoms with E-state index in [9.17, 15) is 9.59 Å². The molecule has 0 radical (unpaired) electrons. The molecule has 0 bridgehead atoms. The summed E-state index contributed by atoms with van der Waals surface area (Å²) in [5, 5.41) is 3.45. The second kappa shape index (κ2) is 3.77. The van der Waals surface area contributed by atoms with E-state index >= 15 is 0 Å². The molecule has 2 amide bonds. The lowest BCUT2D eigenvalue weighted by molar-refractivity contribution is 0.0677. The van der Waals surface area contributed by atoms with E-state index in [0.717, 1.165) is 4.90 Å². The van der Waals surface area contributed by atoms with Crippen LogP contribution in [0.2, 0.25) is 0 Å². The van der Waals surface area contributed by atoms with Crippen molar-refractivity contribution in [3.63, 3.8) is 0 Å². The van der Waals surface area contributed by atoms with Gasteiger partial charge in [-0.05, 0) is 19.1 Å². The third-order valence-electron chi connectivity index (χ3n) is 2.49. The first kappa shape index (κ1) is 10.4. The first-order chi connectivity index (χ1) is 7.65. The number of rotatable bonds is 2. The van der Waals surface area contributed by atoms with Crippen molar-refractivity contribution >= 4 is 17.5 Å². The number of imide groups is 1. The minimum atomic E-state index is -0.288. The van der Waals surface area contributed by atoms with E-state index in [1.54, 1.807) is 31.2 Å². The lowest BCUT2D eigenvalue weighted by atomic mass is 10.1. The lowest BCUT2D eigenvalue weighted by Crippen LogP contribution is -2.34. The van der Waals surface area contributed by atoms with Crippen molar-refractivity contribution in [2.24, 2.45) is 10.9 Å². The molecule has 1 aliphatic rings. The molecule has 5 nitrogen and oxygen atoms in total. The van der Waals surface area contributed by atoms with Crippen molar-refractivity contribution in [1.29, 1.82) is 0 Å². The first-order valence-electron chi connectivity index (χ1n) is 4.83. The van der Waals surface area contributed by atoms with Crippen LogP contribution < -0.4 is 5.84 Å². The van der Waals surface area contributed by atoms with Gasteiger partial charge in [0.2, 0.25) is 0 Å². The Hall–Kier alpha value is -2.17. The molecule has 0 aromatic heterocycles. The molecule has 0 aliphatic carbocycles. The Labute approximate surface area is 92.5 Å². The van der Waals surface area contributed by atoms with Gasteiger partial charge in [-0.2, -0.15) is 5.10 Å². The molecular weight excluding hydrogens is 206 g/mol. The highest BCUT2D eigenvalue weighted by atomic mass is 16.2. The zero-order valence-corrected chi connectivity index (χ0v) is 8.80. The number of amides is 2. The molecule has 2 N–H and O–H groups in total. The van der Waals surface area contributed by atoms with Gasteiger partial charge in [-0.3, -0.25) is 14.5 Å². The summed E-state index contributed by atoms with van der Waals surface area (Å²) in [5.74, 6) is 4.51. The highest BCUT2D eigenvalue weighted by Crippen LogP contribution is 2.21. The van der Waals surface area contributed by atoms with Gasteiger partial charge in [0.1, 0.15) is 0 Å². The second-order valence-corrected chi connectivity index (χ2v) is 3.61. The Morgan fingerprint density at radius 3 is 2.19 bits per heavy atom. The van der Waals surface area contributed by atoms with E-state index in [2.05, 4.69) is 5.10 Å². The molecule has 82 valence electrons. The Morgan fingerprint density at radius 1 is 1.25 bits per heavy atom. The number of hydrazone groups is 1. The fourth-order valence-electron chi connectivity index (χ4n) is 1.65. The zero-order chi connectivity index (χ0) is 11.7. The summed E-state index contributed by atoms with van der Waals surface area (Å²) >= 11 is 0. The van der Waals surface area contributed by atoms with E-state index in [0.29, 0.717) is 16.8 Å². The molecule has 1 heterocycles. The van der Waals surface area contributed by atoms with E-state index in [4.69, 9.17) is 5.84 Å². The van der Waals surface area contributed by atoms with Gasteiger partial charge in [0, 0.05) is 0 Å². The lowest BCUT2D eigenvalue weighted by Gasteiger charge is -2.12. The van der Waals surface area contributed by atoms with Gasteiger partial charge in [-0.25, -0.2) is 0 Å². The largest absolute Gasteiger partial charge is 0.323 e. The average molecular weight is 217 g/mol. The number of benzene rings is 1. The number of hydrogen-bond donors (Lipinski definition) is 1. The molecule has 0 unspecified atom stereocenters. The molecule has 1 aliphatic heterocycles. The fraction of sp³-hybridized carbons (Fsp3) is 0.182. The van der Waals surface area contributed by atoms with Crippen molar-refractivity contribution in [1.82, 2.24) is 4.90 Å². The van der Waals surface area contributed by atoms with Gasteiger partial charge in [0.15, 0.2) is 0 Å². The Bertz CT molecular complexity index is 459. The van der Waals surface area contributed by atoms with Gasteiger partial charge < -0.3 is 5.84 Å². The summed E-state index contributed by atoms with van der Waals surface area (Å²) in [6.45, 7) is 1.81. The average Bonchev–Trinajstić information content (AvgIpc) is 2.55. The number of fused-ring (bicyclic) bond motifs is 1. The van der Waals surface area contributed by atoms with Crippen LogP contribution in [0.25, 0.3) is 0 Å². The van der Waals surface area contributed by atoms with Crippen LogP contribution in [0.3, 0.4) is 0 Å². The summed E-state index contributed by atoms with van der Waals surface area (Å²) < 4.78 is 0. The third kappa shape index (κ3) is 1.46. The molecular formula is C11H11N3O2. The second-order valence-electron chi connectivity index (χ2n) is 3.61. The Balaban J connectivity index is 2.35. The van der Waals surface area contributed by atoms with E-state index in [1.807, 2.05) is 0 Å². The van der Waals surface area contributed by atoms with Crippen molar-refractivity contribution in [2.45, 2.75) is 6.92 Å². The van der Waals surface area contributed by atoms with Gasteiger partial charge in [-0.1, -0.05) is 12.1 Å². The van der Waals surface area contributed by atoms with Gasteiger partial charge in [-0.15, -0.1) is 0 Å². The zero-order valence-electron chi connectivity index (χ0n) is 8.80. The summed E-state index contributed by atoms with van der Waals surface area (Å²) in [5.41, 5.74) is 1.42. The predicted octanol–water partition coefficient (Wildman–Crippen LogP) is 0.617. The minimum Gasteiger partial charge on any atom is -0.323 e. The standard InChI is InChI=1S/C11H11N3O2/c1-7(13-12)6-14-10(15)8-4-2-3-5-9(8)11(14)16/h2-5H,6,12H2,1H3/b13-7+.